The topological polar surface area (TPSA) is 32.3 Å². The number of nitrogens with zero attached hydrogens (tertiary/aromatic N) is 1. The maximum Gasteiger partial charge on any atom is 0.232 e. The van der Waals surface area contributed by atoms with Crippen molar-refractivity contribution in [1.82, 2.24) is 10.2 Å². The fourth-order valence-electron chi connectivity index (χ4n) is 4.23. The standard InChI is InChI=1S/C26H28N2O/c29-26(25(22-13-6-2-7-14-22)23-15-8-3-9-16-23)27-24-17-10-18-28(20-24)19-21-11-4-1-5-12-21/h1-9,11-16,24-25H,10,17-20H2,(H,27,29). The Kier molecular flexibility index (Phi) is 6.38. The monoisotopic (exact) mass is 384 g/mol. The molecule has 3 aromatic carbocycles. The molecule has 0 spiro atoms. The predicted octanol–water partition coefficient (Wildman–Crippen LogP) is 4.60. The van der Waals surface area contributed by atoms with Crippen LogP contribution >= 0.6 is 0 Å². The van der Waals surface area contributed by atoms with Gasteiger partial charge in [0.15, 0.2) is 0 Å². The Bertz CT molecular complexity index is 856. The van der Waals surface area contributed by atoms with E-state index in [0.29, 0.717) is 0 Å². The second-order valence-electron chi connectivity index (χ2n) is 7.82. The number of hydrogen-bond donors (Lipinski definition) is 1. The van der Waals surface area contributed by atoms with Crippen LogP contribution in [-0.2, 0) is 11.3 Å². The number of carbonyl (C=O) groups excluding carboxylic acids is 1. The van der Waals surface area contributed by atoms with Crippen LogP contribution in [0, 0.1) is 0 Å². The molecular formula is C26H28N2O. The van der Waals surface area contributed by atoms with Gasteiger partial charge in [0.2, 0.25) is 5.91 Å². The second-order valence-corrected chi connectivity index (χ2v) is 7.82. The molecule has 0 saturated carbocycles. The number of hydrogen-bond acceptors (Lipinski definition) is 2. The van der Waals surface area contributed by atoms with Gasteiger partial charge in [0.05, 0.1) is 5.92 Å². The van der Waals surface area contributed by atoms with Crippen LogP contribution in [0.15, 0.2) is 91.0 Å². The summed E-state index contributed by atoms with van der Waals surface area (Å²) >= 11 is 0. The molecule has 1 amide bonds. The summed E-state index contributed by atoms with van der Waals surface area (Å²) in [6, 6.07) is 30.9. The van der Waals surface area contributed by atoms with Crippen LogP contribution in [0.25, 0.3) is 0 Å². The highest BCUT2D eigenvalue weighted by molar-refractivity contribution is 5.87. The lowest BCUT2D eigenvalue weighted by Crippen LogP contribution is -2.48. The molecule has 1 saturated heterocycles. The lowest BCUT2D eigenvalue weighted by molar-refractivity contribution is -0.122. The summed E-state index contributed by atoms with van der Waals surface area (Å²) in [5.74, 6) is -0.184. The van der Waals surface area contributed by atoms with Crippen LogP contribution in [0.4, 0.5) is 0 Å². The van der Waals surface area contributed by atoms with Gasteiger partial charge in [0.1, 0.15) is 0 Å². The van der Waals surface area contributed by atoms with Crippen LogP contribution < -0.4 is 5.32 Å². The largest absolute Gasteiger partial charge is 0.351 e. The zero-order valence-corrected chi connectivity index (χ0v) is 16.7. The normalized spacial score (nSPS) is 17.2. The van der Waals surface area contributed by atoms with Gasteiger partial charge in [-0.15, -0.1) is 0 Å². The first-order valence-corrected chi connectivity index (χ1v) is 10.5. The minimum absolute atomic E-state index is 0.0916. The lowest BCUT2D eigenvalue weighted by Gasteiger charge is -2.34. The number of carbonyl (C=O) groups is 1. The summed E-state index contributed by atoms with van der Waals surface area (Å²) in [5.41, 5.74) is 3.40. The maximum absolute atomic E-state index is 13.3. The molecule has 1 atom stereocenters. The lowest BCUT2D eigenvalue weighted by atomic mass is 9.90. The van der Waals surface area contributed by atoms with Crippen LogP contribution in [0.2, 0.25) is 0 Å². The molecule has 148 valence electrons. The van der Waals surface area contributed by atoms with Crippen molar-refractivity contribution < 1.29 is 4.79 Å². The first-order chi connectivity index (χ1) is 14.3. The van der Waals surface area contributed by atoms with Gasteiger partial charge < -0.3 is 5.32 Å². The number of benzene rings is 3. The molecule has 0 aliphatic carbocycles. The van der Waals surface area contributed by atoms with Gasteiger partial charge in [0.25, 0.3) is 0 Å². The van der Waals surface area contributed by atoms with E-state index < -0.39 is 0 Å². The fraction of sp³-hybridized carbons (Fsp3) is 0.269. The number of nitrogens with one attached hydrogen (secondary N) is 1. The molecule has 1 aliphatic heterocycles. The summed E-state index contributed by atoms with van der Waals surface area (Å²) in [5, 5.41) is 3.35. The highest BCUT2D eigenvalue weighted by atomic mass is 16.2. The molecule has 0 aromatic heterocycles. The Balaban J connectivity index is 1.46. The Labute approximate surface area is 173 Å². The highest BCUT2D eigenvalue weighted by Gasteiger charge is 2.27. The third kappa shape index (κ3) is 5.12. The van der Waals surface area contributed by atoms with E-state index in [2.05, 4.69) is 40.5 Å². The molecule has 3 nitrogen and oxygen atoms in total. The van der Waals surface area contributed by atoms with Crippen LogP contribution in [0.1, 0.15) is 35.4 Å². The average molecular weight is 385 g/mol. The van der Waals surface area contributed by atoms with Crippen molar-refractivity contribution in [3.63, 3.8) is 0 Å². The summed E-state index contributed by atoms with van der Waals surface area (Å²) in [6.45, 7) is 2.92. The van der Waals surface area contributed by atoms with E-state index in [0.717, 1.165) is 43.6 Å². The predicted molar refractivity (Wildman–Crippen MR) is 118 cm³/mol. The SMILES string of the molecule is O=C(NC1CCCN(Cc2ccccc2)C1)C(c1ccccc1)c1ccccc1. The third-order valence-corrected chi connectivity index (χ3v) is 5.63. The molecule has 1 fully saturated rings. The van der Waals surface area contributed by atoms with Gasteiger partial charge in [-0.2, -0.15) is 0 Å². The number of piperidine rings is 1. The van der Waals surface area contributed by atoms with Crippen molar-refractivity contribution in [1.29, 1.82) is 0 Å². The zero-order chi connectivity index (χ0) is 19.9. The molecule has 1 aliphatic rings. The molecular weight excluding hydrogens is 356 g/mol. The van der Waals surface area contributed by atoms with Crippen molar-refractivity contribution in [2.75, 3.05) is 13.1 Å². The van der Waals surface area contributed by atoms with E-state index in [1.54, 1.807) is 0 Å². The molecule has 4 rings (SSSR count). The molecule has 3 heteroatoms. The quantitative estimate of drug-likeness (QED) is 0.674. The van der Waals surface area contributed by atoms with E-state index in [-0.39, 0.29) is 17.9 Å². The summed E-state index contributed by atoms with van der Waals surface area (Å²) in [7, 11) is 0. The maximum atomic E-state index is 13.3. The van der Waals surface area contributed by atoms with Crippen LogP contribution in [0.3, 0.4) is 0 Å². The van der Waals surface area contributed by atoms with Gasteiger partial charge in [-0.3, -0.25) is 9.69 Å². The highest BCUT2D eigenvalue weighted by Crippen LogP contribution is 2.25. The van der Waals surface area contributed by atoms with Crippen molar-refractivity contribution in [2.45, 2.75) is 31.3 Å². The Morgan fingerprint density at radius 1 is 0.862 bits per heavy atom. The van der Waals surface area contributed by atoms with Crippen molar-refractivity contribution >= 4 is 5.91 Å². The van der Waals surface area contributed by atoms with Gasteiger partial charge in [-0.1, -0.05) is 91.0 Å². The summed E-state index contributed by atoms with van der Waals surface area (Å²) in [4.78, 5) is 15.8. The first kappa shape index (κ1) is 19.4. The minimum Gasteiger partial charge on any atom is -0.351 e. The molecule has 1 N–H and O–H groups in total. The number of likely N-dealkylation sites (tertiary alicyclic amines) is 1. The van der Waals surface area contributed by atoms with E-state index >= 15 is 0 Å². The fourth-order valence-corrected chi connectivity index (χ4v) is 4.23. The van der Waals surface area contributed by atoms with E-state index in [1.165, 1.54) is 5.56 Å². The van der Waals surface area contributed by atoms with Crippen LogP contribution in [0.5, 0.6) is 0 Å². The van der Waals surface area contributed by atoms with Gasteiger partial charge in [-0.25, -0.2) is 0 Å². The van der Waals surface area contributed by atoms with E-state index in [9.17, 15) is 4.79 Å². The first-order valence-electron chi connectivity index (χ1n) is 10.5. The minimum atomic E-state index is -0.276. The van der Waals surface area contributed by atoms with Crippen molar-refractivity contribution in [3.05, 3.63) is 108 Å². The van der Waals surface area contributed by atoms with Crippen molar-refractivity contribution in [2.24, 2.45) is 0 Å². The summed E-state index contributed by atoms with van der Waals surface area (Å²) < 4.78 is 0. The Morgan fingerprint density at radius 2 is 1.41 bits per heavy atom. The van der Waals surface area contributed by atoms with E-state index in [1.807, 2.05) is 60.7 Å². The molecule has 0 bridgehead atoms. The van der Waals surface area contributed by atoms with Crippen molar-refractivity contribution in [3.8, 4) is 0 Å². The molecule has 1 heterocycles. The number of rotatable bonds is 6. The zero-order valence-electron chi connectivity index (χ0n) is 16.7. The molecule has 1 unspecified atom stereocenters. The van der Waals surface area contributed by atoms with Crippen LogP contribution in [-0.4, -0.2) is 29.9 Å². The van der Waals surface area contributed by atoms with Gasteiger partial charge >= 0.3 is 0 Å². The second kappa shape index (κ2) is 9.53. The third-order valence-electron chi connectivity index (χ3n) is 5.63. The smallest absolute Gasteiger partial charge is 0.232 e. The van der Waals surface area contributed by atoms with Gasteiger partial charge in [-0.05, 0) is 36.1 Å². The number of amides is 1. The molecule has 0 radical (unpaired) electrons. The molecule has 29 heavy (non-hydrogen) atoms. The van der Waals surface area contributed by atoms with Gasteiger partial charge in [0, 0.05) is 19.1 Å². The Hall–Kier alpha value is -2.91. The van der Waals surface area contributed by atoms with E-state index in [4.69, 9.17) is 0 Å². The summed E-state index contributed by atoms with van der Waals surface area (Å²) in [6.07, 6.45) is 2.15. The molecule has 3 aromatic rings. The average Bonchev–Trinajstić information content (AvgIpc) is 2.76. The Morgan fingerprint density at radius 3 is 2.00 bits per heavy atom.